The van der Waals surface area contributed by atoms with Crippen LogP contribution in [0.5, 0.6) is 0 Å². The third-order valence-corrected chi connectivity index (χ3v) is 2.44. The Hall–Kier alpha value is -2.06. The number of amides is 2. The van der Waals surface area contributed by atoms with E-state index in [4.69, 9.17) is 5.11 Å². The number of aliphatic hydroxyl groups is 1. The first-order valence-corrected chi connectivity index (χ1v) is 5.66. The predicted octanol–water partition coefficient (Wildman–Crippen LogP) is 1.45. The van der Waals surface area contributed by atoms with E-state index in [1.807, 2.05) is 0 Å². The highest BCUT2D eigenvalue weighted by atomic mass is 19.1. The van der Waals surface area contributed by atoms with Crippen LogP contribution in [0.4, 0.5) is 14.9 Å². The smallest absolute Gasteiger partial charge is 0.319 e. The number of hydrogen-bond acceptors (Lipinski definition) is 2. The molecule has 0 aliphatic heterocycles. The number of hydrogen-bond donors (Lipinski definition) is 3. The Morgan fingerprint density at radius 1 is 1.50 bits per heavy atom. The number of rotatable bonds is 2. The summed E-state index contributed by atoms with van der Waals surface area (Å²) in [6, 6.07) is 4.07. The zero-order valence-corrected chi connectivity index (χ0v) is 9.66. The van der Waals surface area contributed by atoms with Gasteiger partial charge in [0, 0.05) is 11.6 Å². The zero-order chi connectivity index (χ0) is 13.0. The summed E-state index contributed by atoms with van der Waals surface area (Å²) >= 11 is 0. The second-order valence-electron chi connectivity index (χ2n) is 4.03. The monoisotopic (exact) mass is 248 g/mol. The van der Waals surface area contributed by atoms with Crippen LogP contribution in [0.1, 0.15) is 18.4 Å². The number of benzene rings is 1. The van der Waals surface area contributed by atoms with E-state index in [1.165, 1.54) is 12.1 Å². The van der Waals surface area contributed by atoms with Crippen molar-refractivity contribution in [2.45, 2.75) is 18.9 Å². The minimum Gasteiger partial charge on any atom is -0.384 e. The van der Waals surface area contributed by atoms with Crippen LogP contribution in [0.3, 0.4) is 0 Å². The lowest BCUT2D eigenvalue weighted by molar-refractivity contribution is 0.251. The van der Waals surface area contributed by atoms with E-state index >= 15 is 0 Å². The lowest BCUT2D eigenvalue weighted by Crippen LogP contribution is -2.30. The quantitative estimate of drug-likeness (QED) is 0.694. The van der Waals surface area contributed by atoms with Gasteiger partial charge in [-0.2, -0.15) is 0 Å². The van der Waals surface area contributed by atoms with Crippen LogP contribution in [0.25, 0.3) is 0 Å². The Labute approximate surface area is 104 Å². The van der Waals surface area contributed by atoms with E-state index < -0.39 is 11.8 Å². The fourth-order valence-corrected chi connectivity index (χ4v) is 1.41. The Morgan fingerprint density at radius 2 is 2.28 bits per heavy atom. The summed E-state index contributed by atoms with van der Waals surface area (Å²) < 4.78 is 13.6. The molecule has 1 aliphatic rings. The molecule has 0 spiro atoms. The molecule has 1 fully saturated rings. The van der Waals surface area contributed by atoms with E-state index in [0.717, 1.165) is 12.8 Å². The number of anilines is 1. The Balaban J connectivity index is 2.01. The molecule has 0 aromatic heterocycles. The first kappa shape index (κ1) is 12.4. The lowest BCUT2D eigenvalue weighted by atomic mass is 10.2. The average molecular weight is 248 g/mol. The van der Waals surface area contributed by atoms with E-state index in [9.17, 15) is 9.18 Å². The van der Waals surface area contributed by atoms with Gasteiger partial charge in [-0.3, -0.25) is 0 Å². The van der Waals surface area contributed by atoms with Crippen molar-refractivity contribution in [3.8, 4) is 11.8 Å². The largest absolute Gasteiger partial charge is 0.384 e. The molecule has 0 atom stereocenters. The van der Waals surface area contributed by atoms with Crippen molar-refractivity contribution in [2.24, 2.45) is 0 Å². The van der Waals surface area contributed by atoms with Crippen molar-refractivity contribution in [2.75, 3.05) is 11.9 Å². The molecule has 4 nitrogen and oxygen atoms in total. The van der Waals surface area contributed by atoms with Gasteiger partial charge in [-0.1, -0.05) is 11.8 Å². The molecule has 3 N–H and O–H groups in total. The van der Waals surface area contributed by atoms with E-state index in [-0.39, 0.29) is 18.3 Å². The van der Waals surface area contributed by atoms with Crippen molar-refractivity contribution in [3.05, 3.63) is 29.6 Å². The van der Waals surface area contributed by atoms with Crippen LogP contribution in [-0.2, 0) is 0 Å². The van der Waals surface area contributed by atoms with E-state index in [1.54, 1.807) is 6.07 Å². The summed E-state index contributed by atoms with van der Waals surface area (Å²) in [5.41, 5.74) is 0.567. The van der Waals surface area contributed by atoms with Crippen LogP contribution in [0, 0.1) is 17.7 Å². The van der Waals surface area contributed by atoms with Crippen LogP contribution in [0.2, 0.25) is 0 Å². The van der Waals surface area contributed by atoms with Gasteiger partial charge < -0.3 is 15.7 Å². The molecular weight excluding hydrogens is 235 g/mol. The number of aliphatic hydroxyl groups excluding tert-OH is 1. The Kier molecular flexibility index (Phi) is 3.80. The molecule has 18 heavy (non-hydrogen) atoms. The molecule has 0 saturated heterocycles. The first-order valence-electron chi connectivity index (χ1n) is 5.66. The van der Waals surface area contributed by atoms with Gasteiger partial charge in [0.25, 0.3) is 0 Å². The number of halogens is 1. The number of nitrogens with one attached hydrogen (secondary N) is 2. The Bertz CT molecular complexity index is 515. The number of carbonyl (C=O) groups is 1. The molecule has 5 heteroatoms. The van der Waals surface area contributed by atoms with Crippen molar-refractivity contribution in [3.63, 3.8) is 0 Å². The summed E-state index contributed by atoms with van der Waals surface area (Å²) in [5, 5.41) is 13.7. The van der Waals surface area contributed by atoms with Gasteiger partial charge in [0.1, 0.15) is 12.4 Å². The third-order valence-electron chi connectivity index (χ3n) is 2.44. The zero-order valence-electron chi connectivity index (χ0n) is 9.66. The minimum atomic E-state index is -0.550. The van der Waals surface area contributed by atoms with E-state index in [2.05, 4.69) is 22.5 Å². The van der Waals surface area contributed by atoms with E-state index in [0.29, 0.717) is 5.56 Å². The molecule has 0 unspecified atom stereocenters. The van der Waals surface area contributed by atoms with Crippen LogP contribution in [-0.4, -0.2) is 23.8 Å². The maximum Gasteiger partial charge on any atom is 0.319 e. The fraction of sp³-hybridized carbons (Fsp3) is 0.308. The first-order chi connectivity index (χ1) is 8.69. The van der Waals surface area contributed by atoms with Crippen molar-refractivity contribution >= 4 is 11.7 Å². The molecule has 1 aromatic carbocycles. The normalized spacial score (nSPS) is 13.4. The van der Waals surface area contributed by atoms with Gasteiger partial charge in [0.15, 0.2) is 0 Å². The summed E-state index contributed by atoms with van der Waals surface area (Å²) in [7, 11) is 0. The molecule has 1 aromatic rings. The minimum absolute atomic E-state index is 0.114. The highest BCUT2D eigenvalue weighted by molar-refractivity contribution is 5.89. The topological polar surface area (TPSA) is 61.4 Å². The van der Waals surface area contributed by atoms with Crippen LogP contribution < -0.4 is 10.6 Å². The summed E-state index contributed by atoms with van der Waals surface area (Å²) in [4.78, 5) is 11.4. The highest BCUT2D eigenvalue weighted by Gasteiger charge is 2.23. The molecule has 2 rings (SSSR count). The number of urea groups is 1. The Morgan fingerprint density at radius 3 is 2.89 bits per heavy atom. The van der Waals surface area contributed by atoms with Crippen molar-refractivity contribution in [1.82, 2.24) is 5.32 Å². The second-order valence-corrected chi connectivity index (χ2v) is 4.03. The third kappa shape index (κ3) is 3.47. The van der Waals surface area contributed by atoms with Gasteiger partial charge in [-0.25, -0.2) is 9.18 Å². The van der Waals surface area contributed by atoms with Crippen LogP contribution >= 0.6 is 0 Å². The summed E-state index contributed by atoms with van der Waals surface area (Å²) in [6.07, 6.45) is 1.96. The van der Waals surface area contributed by atoms with Gasteiger partial charge in [-0.15, -0.1) is 0 Å². The maximum atomic E-state index is 13.6. The molecule has 1 aliphatic carbocycles. The molecule has 0 bridgehead atoms. The maximum absolute atomic E-state index is 13.6. The van der Waals surface area contributed by atoms with Gasteiger partial charge in [0.2, 0.25) is 0 Å². The van der Waals surface area contributed by atoms with Crippen LogP contribution in [0.15, 0.2) is 18.2 Å². The second kappa shape index (κ2) is 5.52. The summed E-state index contributed by atoms with van der Waals surface area (Å²) in [5.74, 6) is 4.46. The van der Waals surface area contributed by atoms with Crippen molar-refractivity contribution in [1.29, 1.82) is 0 Å². The van der Waals surface area contributed by atoms with Gasteiger partial charge in [0.05, 0.1) is 5.69 Å². The summed E-state index contributed by atoms with van der Waals surface area (Å²) in [6.45, 7) is -0.272. The predicted molar refractivity (Wildman–Crippen MR) is 65.5 cm³/mol. The standard InChI is InChI=1S/C13H13FN2O2/c14-11-8-9(2-1-7-17)3-6-12(11)16-13(18)15-10-4-5-10/h3,6,8,10,17H,4-5,7H2,(H2,15,16,18). The lowest BCUT2D eigenvalue weighted by Gasteiger charge is -2.07. The molecule has 94 valence electrons. The molecule has 0 heterocycles. The van der Waals surface area contributed by atoms with Gasteiger partial charge >= 0.3 is 6.03 Å². The average Bonchev–Trinajstić information content (AvgIpc) is 3.13. The fourth-order valence-electron chi connectivity index (χ4n) is 1.41. The number of carbonyl (C=O) groups excluding carboxylic acids is 1. The molecule has 0 radical (unpaired) electrons. The molecule has 2 amide bonds. The molecule has 1 saturated carbocycles. The molecular formula is C13H13FN2O2. The highest BCUT2D eigenvalue weighted by Crippen LogP contribution is 2.19. The SMILES string of the molecule is O=C(Nc1ccc(C#CCO)cc1F)NC1CC1. The van der Waals surface area contributed by atoms with Gasteiger partial charge in [-0.05, 0) is 31.0 Å². The van der Waals surface area contributed by atoms with Crippen molar-refractivity contribution < 1.29 is 14.3 Å².